The SMILES string of the molecule is CN(CC(=O)N[C@@H]1CCCCNC1=O)[C@@H]1[C@H]2CCO[C@@H]2C1(C)C. The lowest BCUT2D eigenvalue weighted by atomic mass is 9.57. The fourth-order valence-corrected chi connectivity index (χ4v) is 4.83. The number of rotatable bonds is 4. The number of ether oxygens (including phenoxy) is 1. The fourth-order valence-electron chi connectivity index (χ4n) is 4.83. The second kappa shape index (κ2) is 6.40. The Morgan fingerprint density at radius 1 is 1.39 bits per heavy atom. The summed E-state index contributed by atoms with van der Waals surface area (Å²) in [5.41, 5.74) is 0.0793. The van der Waals surface area contributed by atoms with Crippen LogP contribution in [0.15, 0.2) is 0 Å². The van der Waals surface area contributed by atoms with Crippen LogP contribution in [0.5, 0.6) is 0 Å². The number of carbonyl (C=O) groups excluding carboxylic acids is 2. The maximum absolute atomic E-state index is 12.4. The van der Waals surface area contributed by atoms with E-state index in [0.29, 0.717) is 31.2 Å². The Balaban J connectivity index is 1.54. The lowest BCUT2D eigenvalue weighted by molar-refractivity contribution is -0.154. The minimum absolute atomic E-state index is 0.0493. The van der Waals surface area contributed by atoms with Gasteiger partial charge < -0.3 is 15.4 Å². The second-order valence-electron chi connectivity index (χ2n) is 7.83. The number of likely N-dealkylation sites (N-methyl/N-ethyl adjacent to an activating group) is 1. The zero-order valence-electron chi connectivity index (χ0n) is 14.4. The molecule has 6 heteroatoms. The van der Waals surface area contributed by atoms with Gasteiger partial charge >= 0.3 is 0 Å². The third-order valence-corrected chi connectivity index (χ3v) is 5.78. The molecule has 0 spiro atoms. The zero-order chi connectivity index (χ0) is 16.6. The number of amides is 2. The van der Waals surface area contributed by atoms with E-state index in [-0.39, 0.29) is 23.3 Å². The van der Waals surface area contributed by atoms with Gasteiger partial charge in [0.15, 0.2) is 0 Å². The standard InChI is InChI=1S/C17H29N3O3/c1-17(2)14(11-7-9-23-15(11)17)20(3)10-13(21)19-12-6-4-5-8-18-16(12)22/h11-12,14-15H,4-10H2,1-3H3,(H,18,22)(H,19,21)/t11-,12-,14-,15+/m1/s1. The Morgan fingerprint density at radius 3 is 2.96 bits per heavy atom. The van der Waals surface area contributed by atoms with Crippen molar-refractivity contribution in [3.8, 4) is 0 Å². The van der Waals surface area contributed by atoms with Gasteiger partial charge in [-0.3, -0.25) is 14.5 Å². The first-order valence-corrected chi connectivity index (χ1v) is 8.80. The highest BCUT2D eigenvalue weighted by Gasteiger charge is 2.60. The highest BCUT2D eigenvalue weighted by molar-refractivity contribution is 5.88. The summed E-state index contributed by atoms with van der Waals surface area (Å²) in [7, 11) is 2.01. The van der Waals surface area contributed by atoms with E-state index in [1.165, 1.54) is 0 Å². The summed E-state index contributed by atoms with van der Waals surface area (Å²) in [4.78, 5) is 26.4. The number of nitrogens with zero attached hydrogens (tertiary/aromatic N) is 1. The van der Waals surface area contributed by atoms with Gasteiger partial charge in [0, 0.05) is 30.5 Å². The molecule has 2 saturated heterocycles. The summed E-state index contributed by atoms with van der Waals surface area (Å²) in [6.07, 6.45) is 4.09. The maximum Gasteiger partial charge on any atom is 0.242 e. The molecule has 23 heavy (non-hydrogen) atoms. The first-order valence-electron chi connectivity index (χ1n) is 8.80. The van der Waals surface area contributed by atoms with Crippen molar-refractivity contribution in [2.24, 2.45) is 11.3 Å². The van der Waals surface area contributed by atoms with Crippen LogP contribution in [0.3, 0.4) is 0 Å². The molecule has 2 heterocycles. The van der Waals surface area contributed by atoms with Crippen LogP contribution < -0.4 is 10.6 Å². The van der Waals surface area contributed by atoms with Crippen molar-refractivity contribution in [1.29, 1.82) is 0 Å². The van der Waals surface area contributed by atoms with Crippen molar-refractivity contribution in [2.45, 2.75) is 57.7 Å². The molecule has 0 bridgehead atoms. The van der Waals surface area contributed by atoms with E-state index in [4.69, 9.17) is 4.74 Å². The molecule has 1 aliphatic carbocycles. The van der Waals surface area contributed by atoms with Crippen LogP contribution in [0.4, 0.5) is 0 Å². The molecule has 3 fully saturated rings. The number of hydrogen-bond acceptors (Lipinski definition) is 4. The first-order chi connectivity index (χ1) is 10.9. The topological polar surface area (TPSA) is 70.7 Å². The van der Waals surface area contributed by atoms with Crippen molar-refractivity contribution in [1.82, 2.24) is 15.5 Å². The van der Waals surface area contributed by atoms with Crippen molar-refractivity contribution in [2.75, 3.05) is 26.7 Å². The Labute approximate surface area is 138 Å². The molecule has 4 atom stereocenters. The van der Waals surface area contributed by atoms with Crippen molar-refractivity contribution in [3.63, 3.8) is 0 Å². The predicted molar refractivity (Wildman–Crippen MR) is 86.8 cm³/mol. The predicted octanol–water partition coefficient (Wildman–Crippen LogP) is 0.517. The largest absolute Gasteiger partial charge is 0.377 e. The molecule has 130 valence electrons. The van der Waals surface area contributed by atoms with E-state index in [9.17, 15) is 9.59 Å². The monoisotopic (exact) mass is 323 g/mol. The molecule has 3 rings (SSSR count). The summed E-state index contributed by atoms with van der Waals surface area (Å²) in [5, 5.41) is 5.76. The molecule has 2 aliphatic heterocycles. The van der Waals surface area contributed by atoms with Crippen LogP contribution in [0, 0.1) is 11.3 Å². The zero-order valence-corrected chi connectivity index (χ0v) is 14.4. The van der Waals surface area contributed by atoms with E-state index in [2.05, 4.69) is 29.4 Å². The van der Waals surface area contributed by atoms with Crippen LogP contribution in [0.1, 0.15) is 39.5 Å². The molecule has 0 unspecified atom stereocenters. The Kier molecular flexibility index (Phi) is 4.65. The maximum atomic E-state index is 12.4. The summed E-state index contributed by atoms with van der Waals surface area (Å²) >= 11 is 0. The Hall–Kier alpha value is -1.14. The third-order valence-electron chi connectivity index (χ3n) is 5.78. The highest BCUT2D eigenvalue weighted by atomic mass is 16.5. The molecule has 0 aromatic carbocycles. The van der Waals surface area contributed by atoms with Gasteiger partial charge in [-0.25, -0.2) is 0 Å². The fraction of sp³-hybridized carbons (Fsp3) is 0.882. The quantitative estimate of drug-likeness (QED) is 0.791. The van der Waals surface area contributed by atoms with Crippen LogP contribution in [-0.2, 0) is 14.3 Å². The second-order valence-corrected chi connectivity index (χ2v) is 7.83. The summed E-state index contributed by atoms with van der Waals surface area (Å²) in [6, 6.07) is -0.0147. The molecule has 0 radical (unpaired) electrons. The van der Waals surface area contributed by atoms with Crippen LogP contribution in [0.25, 0.3) is 0 Å². The Bertz CT molecular complexity index is 480. The van der Waals surface area contributed by atoms with E-state index >= 15 is 0 Å². The molecule has 2 N–H and O–H groups in total. The molecule has 0 aromatic rings. The molecule has 0 aromatic heterocycles. The van der Waals surface area contributed by atoms with Gasteiger partial charge in [0.25, 0.3) is 0 Å². The van der Waals surface area contributed by atoms with Gasteiger partial charge in [-0.2, -0.15) is 0 Å². The van der Waals surface area contributed by atoms with E-state index in [1.54, 1.807) is 0 Å². The van der Waals surface area contributed by atoms with Crippen molar-refractivity contribution in [3.05, 3.63) is 0 Å². The van der Waals surface area contributed by atoms with E-state index in [0.717, 1.165) is 32.3 Å². The van der Waals surface area contributed by atoms with Crippen LogP contribution in [-0.4, -0.2) is 61.6 Å². The van der Waals surface area contributed by atoms with Crippen molar-refractivity contribution < 1.29 is 14.3 Å². The van der Waals surface area contributed by atoms with Gasteiger partial charge in [-0.05, 0) is 32.7 Å². The van der Waals surface area contributed by atoms with Gasteiger partial charge in [0.05, 0.1) is 12.6 Å². The minimum atomic E-state index is -0.379. The van der Waals surface area contributed by atoms with E-state index < -0.39 is 0 Å². The summed E-state index contributed by atoms with van der Waals surface area (Å²) in [5.74, 6) is 0.420. The smallest absolute Gasteiger partial charge is 0.242 e. The normalized spacial score (nSPS) is 35.9. The average Bonchev–Trinajstić information content (AvgIpc) is 2.81. The summed E-state index contributed by atoms with van der Waals surface area (Å²) in [6.45, 7) is 6.32. The molecule has 6 nitrogen and oxygen atoms in total. The number of hydrogen-bond donors (Lipinski definition) is 2. The molecule has 2 amide bonds. The minimum Gasteiger partial charge on any atom is -0.377 e. The van der Waals surface area contributed by atoms with Crippen molar-refractivity contribution >= 4 is 11.8 Å². The lowest BCUT2D eigenvalue weighted by Gasteiger charge is -2.57. The lowest BCUT2D eigenvalue weighted by Crippen LogP contribution is -2.67. The van der Waals surface area contributed by atoms with E-state index in [1.807, 2.05) is 7.05 Å². The van der Waals surface area contributed by atoms with Gasteiger partial charge in [-0.15, -0.1) is 0 Å². The Morgan fingerprint density at radius 2 is 2.17 bits per heavy atom. The number of carbonyl (C=O) groups is 2. The van der Waals surface area contributed by atoms with Gasteiger partial charge in [0.1, 0.15) is 6.04 Å². The molecule has 3 aliphatic rings. The average molecular weight is 323 g/mol. The number of fused-ring (bicyclic) bond motifs is 1. The van der Waals surface area contributed by atoms with Crippen LogP contribution >= 0.6 is 0 Å². The number of nitrogens with one attached hydrogen (secondary N) is 2. The molecular formula is C17H29N3O3. The molecular weight excluding hydrogens is 294 g/mol. The van der Waals surface area contributed by atoms with Crippen LogP contribution in [0.2, 0.25) is 0 Å². The van der Waals surface area contributed by atoms with Gasteiger partial charge in [0.2, 0.25) is 11.8 Å². The molecule has 1 saturated carbocycles. The third kappa shape index (κ3) is 3.11. The summed E-state index contributed by atoms with van der Waals surface area (Å²) < 4.78 is 5.82. The highest BCUT2D eigenvalue weighted by Crippen LogP contribution is 2.54. The van der Waals surface area contributed by atoms with Gasteiger partial charge in [-0.1, -0.05) is 13.8 Å². The first kappa shape index (κ1) is 16.7.